The van der Waals surface area contributed by atoms with E-state index in [4.69, 9.17) is 4.74 Å². The molecule has 5 nitrogen and oxygen atoms in total. The van der Waals surface area contributed by atoms with Gasteiger partial charge in [0.15, 0.2) is 6.61 Å². The van der Waals surface area contributed by atoms with Crippen LogP contribution in [0.3, 0.4) is 0 Å². The molecule has 0 aliphatic rings. The molecule has 0 aliphatic carbocycles. The number of rotatable bonds is 10. The van der Waals surface area contributed by atoms with Crippen molar-refractivity contribution in [3.05, 3.63) is 65.0 Å². The molecule has 2 rings (SSSR count). The van der Waals surface area contributed by atoms with Crippen LogP contribution in [0.1, 0.15) is 43.4 Å². The number of hydrogen-bond acceptors (Lipinski definition) is 3. The van der Waals surface area contributed by atoms with Gasteiger partial charge in [-0.25, -0.2) is 4.39 Å². The van der Waals surface area contributed by atoms with E-state index >= 15 is 0 Å². The molecule has 0 unspecified atom stereocenters. The summed E-state index contributed by atoms with van der Waals surface area (Å²) in [6, 6.07) is 11.0. The van der Waals surface area contributed by atoms with Gasteiger partial charge < -0.3 is 15.0 Å². The number of aryl methyl sites for hydroxylation is 2. The average molecular weight is 415 g/mol. The third-order valence-corrected chi connectivity index (χ3v) is 4.96. The lowest BCUT2D eigenvalue weighted by Gasteiger charge is -2.29. The summed E-state index contributed by atoms with van der Waals surface area (Å²) >= 11 is 0. The predicted octanol–water partition coefficient (Wildman–Crippen LogP) is 4.15. The fourth-order valence-electron chi connectivity index (χ4n) is 2.99. The van der Waals surface area contributed by atoms with E-state index in [0.717, 1.165) is 29.5 Å². The average Bonchev–Trinajstić information content (AvgIpc) is 2.73. The number of benzene rings is 2. The molecule has 0 saturated carbocycles. The number of halogens is 1. The number of ether oxygens (including phenoxy) is 1. The van der Waals surface area contributed by atoms with E-state index in [0.29, 0.717) is 12.3 Å². The summed E-state index contributed by atoms with van der Waals surface area (Å²) < 4.78 is 19.0. The lowest BCUT2D eigenvalue weighted by Crippen LogP contribution is -2.49. The van der Waals surface area contributed by atoms with Crippen molar-refractivity contribution >= 4 is 11.8 Å². The van der Waals surface area contributed by atoms with Crippen molar-refractivity contribution in [1.82, 2.24) is 10.2 Å². The van der Waals surface area contributed by atoms with E-state index in [2.05, 4.69) is 5.32 Å². The van der Waals surface area contributed by atoms with E-state index < -0.39 is 6.04 Å². The van der Waals surface area contributed by atoms with Gasteiger partial charge in [-0.3, -0.25) is 9.59 Å². The molecule has 0 heterocycles. The summed E-state index contributed by atoms with van der Waals surface area (Å²) in [5.74, 6) is -0.227. The van der Waals surface area contributed by atoms with Crippen molar-refractivity contribution < 1.29 is 18.7 Å². The molecular weight excluding hydrogens is 383 g/mol. The zero-order valence-electron chi connectivity index (χ0n) is 18.2. The largest absolute Gasteiger partial charge is 0.483 e. The second-order valence-electron chi connectivity index (χ2n) is 7.53. The van der Waals surface area contributed by atoms with Gasteiger partial charge in [0.1, 0.15) is 17.6 Å². The molecule has 0 aliphatic heterocycles. The molecule has 0 spiro atoms. The number of unbranched alkanes of at least 4 members (excludes halogenated alkanes) is 1. The van der Waals surface area contributed by atoms with Gasteiger partial charge in [0.05, 0.1) is 0 Å². The van der Waals surface area contributed by atoms with E-state index in [-0.39, 0.29) is 30.8 Å². The predicted molar refractivity (Wildman–Crippen MR) is 116 cm³/mol. The van der Waals surface area contributed by atoms with E-state index in [9.17, 15) is 14.0 Å². The summed E-state index contributed by atoms with van der Waals surface area (Å²) in [7, 11) is 0. The summed E-state index contributed by atoms with van der Waals surface area (Å²) in [6.45, 7) is 8.19. The first-order chi connectivity index (χ1) is 14.3. The minimum Gasteiger partial charge on any atom is -0.483 e. The molecule has 162 valence electrons. The van der Waals surface area contributed by atoms with Crippen LogP contribution in [0.15, 0.2) is 42.5 Å². The van der Waals surface area contributed by atoms with Crippen molar-refractivity contribution in [3.8, 4) is 5.75 Å². The number of nitrogens with zero attached hydrogens (tertiary/aromatic N) is 1. The van der Waals surface area contributed by atoms with Crippen LogP contribution in [-0.2, 0) is 16.1 Å². The maximum absolute atomic E-state index is 13.3. The molecule has 0 radical (unpaired) electrons. The maximum Gasteiger partial charge on any atom is 0.261 e. The van der Waals surface area contributed by atoms with Gasteiger partial charge in [0.25, 0.3) is 5.91 Å². The fraction of sp³-hybridized carbons (Fsp3) is 0.417. The van der Waals surface area contributed by atoms with Crippen molar-refractivity contribution in [2.24, 2.45) is 0 Å². The molecular formula is C24H31FN2O3. The number of nitrogens with one attached hydrogen (secondary N) is 1. The Hall–Kier alpha value is -2.89. The third kappa shape index (κ3) is 6.87. The second kappa shape index (κ2) is 11.3. The normalized spacial score (nSPS) is 11.6. The number of hydrogen-bond donors (Lipinski definition) is 1. The van der Waals surface area contributed by atoms with Crippen molar-refractivity contribution in [2.45, 2.75) is 53.1 Å². The Kier molecular flexibility index (Phi) is 8.84. The van der Waals surface area contributed by atoms with Crippen LogP contribution in [-0.4, -0.2) is 35.9 Å². The van der Waals surface area contributed by atoms with Crippen LogP contribution < -0.4 is 10.1 Å². The summed E-state index contributed by atoms with van der Waals surface area (Å²) in [5, 5.41) is 2.87. The summed E-state index contributed by atoms with van der Waals surface area (Å²) in [6.07, 6.45) is 1.84. The van der Waals surface area contributed by atoms with Crippen LogP contribution in [0.2, 0.25) is 0 Å². The first-order valence-electron chi connectivity index (χ1n) is 10.3. The first kappa shape index (κ1) is 23.4. The zero-order chi connectivity index (χ0) is 22.1. The van der Waals surface area contributed by atoms with Gasteiger partial charge in [-0.2, -0.15) is 0 Å². The van der Waals surface area contributed by atoms with Crippen LogP contribution >= 0.6 is 0 Å². The van der Waals surface area contributed by atoms with E-state index in [1.165, 1.54) is 17.0 Å². The molecule has 2 aromatic carbocycles. The van der Waals surface area contributed by atoms with Crippen molar-refractivity contribution in [2.75, 3.05) is 13.2 Å². The summed E-state index contributed by atoms with van der Waals surface area (Å²) in [4.78, 5) is 27.1. The highest BCUT2D eigenvalue weighted by molar-refractivity contribution is 5.87. The van der Waals surface area contributed by atoms with E-state index in [1.807, 2.05) is 39.0 Å². The Balaban J connectivity index is 2.13. The Labute approximate surface area is 178 Å². The lowest BCUT2D eigenvalue weighted by molar-refractivity contribution is -0.142. The highest BCUT2D eigenvalue weighted by Gasteiger charge is 2.26. The Morgan fingerprint density at radius 1 is 1.13 bits per heavy atom. The Morgan fingerprint density at radius 2 is 1.83 bits per heavy atom. The molecule has 0 saturated heterocycles. The summed E-state index contributed by atoms with van der Waals surface area (Å²) in [5.41, 5.74) is 2.71. The smallest absolute Gasteiger partial charge is 0.261 e. The third-order valence-electron chi connectivity index (χ3n) is 4.96. The maximum atomic E-state index is 13.3. The molecule has 0 aromatic heterocycles. The van der Waals surface area contributed by atoms with Crippen molar-refractivity contribution in [3.63, 3.8) is 0 Å². The minimum absolute atomic E-state index is 0.182. The highest BCUT2D eigenvalue weighted by Crippen LogP contribution is 2.19. The minimum atomic E-state index is -0.679. The van der Waals surface area contributed by atoms with Crippen LogP contribution in [0, 0.1) is 19.7 Å². The number of carbonyl (C=O) groups excluding carboxylic acids is 2. The SMILES string of the molecule is CCCCNC(=O)[C@@H](C)N(Cc1ccc(F)cc1)C(=O)COc1cc(C)ccc1C. The molecule has 2 aromatic rings. The monoisotopic (exact) mass is 414 g/mol. The standard InChI is InChI=1S/C24H31FN2O3/c1-5-6-13-26-24(29)19(4)27(15-20-9-11-21(25)12-10-20)23(28)16-30-22-14-17(2)7-8-18(22)3/h7-12,14,19H,5-6,13,15-16H2,1-4H3,(H,26,29)/t19-/m1/s1. The van der Waals surface area contributed by atoms with Gasteiger partial charge in [0.2, 0.25) is 5.91 Å². The van der Waals surface area contributed by atoms with Crippen LogP contribution in [0.4, 0.5) is 4.39 Å². The molecule has 1 atom stereocenters. The van der Waals surface area contributed by atoms with Gasteiger partial charge >= 0.3 is 0 Å². The lowest BCUT2D eigenvalue weighted by atomic mass is 10.1. The second-order valence-corrected chi connectivity index (χ2v) is 7.53. The van der Waals surface area contributed by atoms with Crippen molar-refractivity contribution in [1.29, 1.82) is 0 Å². The first-order valence-corrected chi connectivity index (χ1v) is 10.3. The topological polar surface area (TPSA) is 58.6 Å². The van der Waals surface area contributed by atoms with Gasteiger partial charge in [-0.15, -0.1) is 0 Å². The van der Waals surface area contributed by atoms with E-state index in [1.54, 1.807) is 19.1 Å². The molecule has 2 amide bonds. The Bertz CT molecular complexity index is 852. The molecule has 1 N–H and O–H groups in total. The molecule has 30 heavy (non-hydrogen) atoms. The molecule has 6 heteroatoms. The Morgan fingerprint density at radius 3 is 2.50 bits per heavy atom. The number of amides is 2. The zero-order valence-corrected chi connectivity index (χ0v) is 18.2. The van der Waals surface area contributed by atoms with Gasteiger partial charge in [-0.1, -0.05) is 37.6 Å². The quantitative estimate of drug-likeness (QED) is 0.594. The van der Waals surface area contributed by atoms with Gasteiger partial charge in [-0.05, 0) is 62.1 Å². The van der Waals surface area contributed by atoms with Crippen LogP contribution in [0.25, 0.3) is 0 Å². The molecule has 0 bridgehead atoms. The highest BCUT2D eigenvalue weighted by atomic mass is 19.1. The molecule has 0 fully saturated rings. The van der Waals surface area contributed by atoms with Crippen LogP contribution in [0.5, 0.6) is 5.75 Å². The van der Waals surface area contributed by atoms with Gasteiger partial charge in [0, 0.05) is 13.1 Å². The number of carbonyl (C=O) groups is 2. The fourth-order valence-corrected chi connectivity index (χ4v) is 2.99.